The fraction of sp³-hybridized carbons (Fsp3) is 0.211. The molecule has 0 saturated carbocycles. The predicted molar refractivity (Wildman–Crippen MR) is 92.9 cm³/mol. The lowest BCUT2D eigenvalue weighted by atomic mass is 10.0. The van der Waals surface area contributed by atoms with Gasteiger partial charge < -0.3 is 14.4 Å². The van der Waals surface area contributed by atoms with Crippen LogP contribution in [-0.2, 0) is 11.2 Å². The molecule has 5 heteroatoms. The van der Waals surface area contributed by atoms with Crippen LogP contribution in [0.25, 0.3) is 10.8 Å². The number of carbonyl (C=O) groups excluding carboxylic acids is 1. The van der Waals surface area contributed by atoms with E-state index in [0.717, 1.165) is 29.4 Å². The molecule has 0 aliphatic heterocycles. The SMILES string of the molecule is COC(=O)c1cccc2c1CC[C@@H]2n1cc2cccc(Cl)c2c1O. The van der Waals surface area contributed by atoms with Crippen LogP contribution in [0.15, 0.2) is 42.6 Å². The molecule has 0 saturated heterocycles. The Kier molecular flexibility index (Phi) is 3.50. The maximum absolute atomic E-state index is 12.0. The smallest absolute Gasteiger partial charge is 0.338 e. The van der Waals surface area contributed by atoms with E-state index in [0.29, 0.717) is 16.0 Å². The molecule has 3 aromatic rings. The van der Waals surface area contributed by atoms with Crippen molar-refractivity contribution in [3.05, 3.63) is 64.3 Å². The van der Waals surface area contributed by atoms with Crippen molar-refractivity contribution in [2.24, 2.45) is 0 Å². The Bertz CT molecular complexity index is 961. The van der Waals surface area contributed by atoms with Crippen LogP contribution >= 0.6 is 11.6 Å². The zero-order valence-corrected chi connectivity index (χ0v) is 13.9. The van der Waals surface area contributed by atoms with Crippen molar-refractivity contribution in [1.82, 2.24) is 4.57 Å². The number of benzene rings is 2. The van der Waals surface area contributed by atoms with E-state index in [2.05, 4.69) is 0 Å². The number of fused-ring (bicyclic) bond motifs is 2. The number of ether oxygens (including phenoxy) is 1. The maximum atomic E-state index is 12.0. The molecule has 24 heavy (non-hydrogen) atoms. The molecule has 4 rings (SSSR count). The Morgan fingerprint density at radius 3 is 2.83 bits per heavy atom. The van der Waals surface area contributed by atoms with Crippen LogP contribution in [-0.4, -0.2) is 22.8 Å². The highest BCUT2D eigenvalue weighted by Gasteiger charge is 2.30. The molecule has 1 heterocycles. The fourth-order valence-electron chi connectivity index (χ4n) is 3.68. The summed E-state index contributed by atoms with van der Waals surface area (Å²) >= 11 is 6.23. The molecule has 1 N–H and O–H groups in total. The first-order valence-corrected chi connectivity index (χ1v) is 8.17. The highest BCUT2D eigenvalue weighted by Crippen LogP contribution is 2.42. The van der Waals surface area contributed by atoms with E-state index >= 15 is 0 Å². The first-order valence-electron chi connectivity index (χ1n) is 7.80. The Hall–Kier alpha value is -2.46. The molecule has 1 aliphatic carbocycles. The molecule has 0 bridgehead atoms. The molecule has 1 aromatic heterocycles. The Morgan fingerprint density at radius 2 is 2.08 bits per heavy atom. The van der Waals surface area contributed by atoms with Gasteiger partial charge in [-0.05, 0) is 36.1 Å². The summed E-state index contributed by atoms with van der Waals surface area (Å²) in [6.45, 7) is 0. The fourth-order valence-corrected chi connectivity index (χ4v) is 3.95. The molecule has 122 valence electrons. The largest absolute Gasteiger partial charge is 0.494 e. The van der Waals surface area contributed by atoms with Crippen molar-refractivity contribution < 1.29 is 14.6 Å². The lowest BCUT2D eigenvalue weighted by Crippen LogP contribution is -2.08. The summed E-state index contributed by atoms with van der Waals surface area (Å²) in [7, 11) is 1.39. The van der Waals surface area contributed by atoms with Crippen molar-refractivity contribution in [3.63, 3.8) is 0 Å². The number of aromatic nitrogens is 1. The number of hydrogen-bond acceptors (Lipinski definition) is 3. The van der Waals surface area contributed by atoms with Crippen molar-refractivity contribution in [2.45, 2.75) is 18.9 Å². The minimum atomic E-state index is -0.322. The van der Waals surface area contributed by atoms with Gasteiger partial charge in [0.2, 0.25) is 5.88 Å². The van der Waals surface area contributed by atoms with Crippen LogP contribution in [0.2, 0.25) is 5.02 Å². The average molecular weight is 342 g/mol. The van der Waals surface area contributed by atoms with Gasteiger partial charge in [-0.2, -0.15) is 0 Å². The third-order valence-corrected chi connectivity index (χ3v) is 5.09. The lowest BCUT2D eigenvalue weighted by Gasteiger charge is -2.16. The number of carbonyl (C=O) groups is 1. The molecular weight excluding hydrogens is 326 g/mol. The van der Waals surface area contributed by atoms with Gasteiger partial charge >= 0.3 is 5.97 Å². The second kappa shape index (κ2) is 5.56. The van der Waals surface area contributed by atoms with Crippen molar-refractivity contribution in [2.75, 3.05) is 7.11 Å². The zero-order chi connectivity index (χ0) is 16.8. The monoisotopic (exact) mass is 341 g/mol. The van der Waals surface area contributed by atoms with Gasteiger partial charge in [0.05, 0.1) is 29.1 Å². The van der Waals surface area contributed by atoms with Crippen LogP contribution < -0.4 is 0 Å². The molecule has 0 spiro atoms. The average Bonchev–Trinajstić information content (AvgIpc) is 3.16. The topological polar surface area (TPSA) is 51.5 Å². The van der Waals surface area contributed by atoms with E-state index < -0.39 is 0 Å². The van der Waals surface area contributed by atoms with Crippen molar-refractivity contribution in [3.8, 4) is 5.88 Å². The maximum Gasteiger partial charge on any atom is 0.338 e. The number of esters is 1. The minimum Gasteiger partial charge on any atom is -0.494 e. The Labute approximate surface area is 144 Å². The Morgan fingerprint density at radius 1 is 1.29 bits per heavy atom. The number of hydrogen-bond donors (Lipinski definition) is 1. The molecule has 0 fully saturated rings. The third kappa shape index (κ3) is 2.10. The van der Waals surface area contributed by atoms with E-state index in [1.54, 1.807) is 12.1 Å². The number of nitrogens with zero attached hydrogens (tertiary/aromatic N) is 1. The van der Waals surface area contributed by atoms with Crippen molar-refractivity contribution in [1.29, 1.82) is 0 Å². The normalized spacial score (nSPS) is 16.3. The predicted octanol–water partition coefficient (Wildman–Crippen LogP) is 4.32. The van der Waals surface area contributed by atoms with Gasteiger partial charge in [0.1, 0.15) is 0 Å². The summed E-state index contributed by atoms with van der Waals surface area (Å²) in [5.41, 5.74) is 2.65. The van der Waals surface area contributed by atoms with Crippen LogP contribution in [0.3, 0.4) is 0 Å². The van der Waals surface area contributed by atoms with E-state index in [9.17, 15) is 9.90 Å². The lowest BCUT2D eigenvalue weighted by molar-refractivity contribution is 0.0599. The van der Waals surface area contributed by atoms with Crippen LogP contribution in [0.4, 0.5) is 0 Å². The number of aromatic hydroxyl groups is 1. The van der Waals surface area contributed by atoms with E-state index in [1.165, 1.54) is 7.11 Å². The van der Waals surface area contributed by atoms with Gasteiger partial charge in [0.25, 0.3) is 0 Å². The number of methoxy groups -OCH3 is 1. The van der Waals surface area contributed by atoms with Gasteiger partial charge in [-0.1, -0.05) is 35.9 Å². The molecule has 1 atom stereocenters. The van der Waals surface area contributed by atoms with E-state index in [4.69, 9.17) is 16.3 Å². The van der Waals surface area contributed by atoms with Gasteiger partial charge in [0, 0.05) is 11.6 Å². The van der Waals surface area contributed by atoms with Gasteiger partial charge in [-0.25, -0.2) is 4.79 Å². The van der Waals surface area contributed by atoms with Crippen molar-refractivity contribution >= 4 is 28.3 Å². The number of halogens is 1. The molecule has 2 aromatic carbocycles. The minimum absolute atomic E-state index is 0.0203. The summed E-state index contributed by atoms with van der Waals surface area (Å²) in [5, 5.41) is 12.8. The first kappa shape index (κ1) is 15.1. The summed E-state index contributed by atoms with van der Waals surface area (Å²) in [5.74, 6) is -0.158. The Balaban J connectivity index is 1.86. The second-order valence-electron chi connectivity index (χ2n) is 5.98. The summed E-state index contributed by atoms with van der Waals surface area (Å²) in [6, 6.07) is 11.2. The first-order chi connectivity index (χ1) is 11.6. The van der Waals surface area contributed by atoms with Gasteiger partial charge in [-0.3, -0.25) is 0 Å². The molecule has 0 radical (unpaired) electrons. The highest BCUT2D eigenvalue weighted by molar-refractivity contribution is 6.36. The molecule has 1 aliphatic rings. The molecule has 0 unspecified atom stereocenters. The van der Waals surface area contributed by atoms with E-state index in [1.807, 2.05) is 35.0 Å². The van der Waals surface area contributed by atoms with Gasteiger partial charge in [-0.15, -0.1) is 0 Å². The van der Waals surface area contributed by atoms with E-state index in [-0.39, 0.29) is 17.9 Å². The molecule has 4 nitrogen and oxygen atoms in total. The van der Waals surface area contributed by atoms with Crippen LogP contribution in [0, 0.1) is 0 Å². The zero-order valence-electron chi connectivity index (χ0n) is 13.1. The quantitative estimate of drug-likeness (QED) is 0.706. The standard InChI is InChI=1S/C19H16ClNO3/c1-24-19(23)14-6-3-5-13-12(14)8-9-16(13)21-10-11-4-2-7-15(20)17(11)18(21)22/h2-7,10,16,22H,8-9H2,1H3/t16-/m0/s1. The number of rotatable bonds is 2. The second-order valence-corrected chi connectivity index (χ2v) is 6.39. The van der Waals surface area contributed by atoms with Gasteiger partial charge in [0.15, 0.2) is 0 Å². The third-order valence-electron chi connectivity index (χ3n) is 4.77. The molecular formula is C19H16ClNO3. The van der Waals surface area contributed by atoms with Crippen LogP contribution in [0.1, 0.15) is 33.9 Å². The summed E-state index contributed by atoms with van der Waals surface area (Å²) in [6.07, 6.45) is 3.50. The summed E-state index contributed by atoms with van der Waals surface area (Å²) < 4.78 is 6.73. The molecule has 0 amide bonds. The van der Waals surface area contributed by atoms with Crippen LogP contribution in [0.5, 0.6) is 5.88 Å². The summed E-state index contributed by atoms with van der Waals surface area (Å²) in [4.78, 5) is 12.0. The highest BCUT2D eigenvalue weighted by atomic mass is 35.5.